The van der Waals surface area contributed by atoms with E-state index in [9.17, 15) is 19.7 Å². The number of nitrogens with one attached hydrogen (secondary N) is 1. The van der Waals surface area contributed by atoms with Crippen molar-refractivity contribution in [3.8, 4) is 0 Å². The van der Waals surface area contributed by atoms with Crippen molar-refractivity contribution in [3.05, 3.63) is 27.1 Å². The minimum Gasteiger partial charge on any atom is -0.338 e. The molecule has 0 aliphatic carbocycles. The SMILES string of the molecule is CC1CN(C(=O)C2CCCN2C(=O)c2ccc([N+](=O)[O-])s2)CCN1. The summed E-state index contributed by atoms with van der Waals surface area (Å²) in [5, 5.41) is 14.0. The van der Waals surface area contributed by atoms with Crippen molar-refractivity contribution >= 4 is 28.2 Å². The van der Waals surface area contributed by atoms with Crippen molar-refractivity contribution in [2.45, 2.75) is 31.8 Å². The largest absolute Gasteiger partial charge is 0.338 e. The Balaban J connectivity index is 1.73. The van der Waals surface area contributed by atoms with Crippen LogP contribution >= 0.6 is 11.3 Å². The monoisotopic (exact) mass is 352 g/mol. The Morgan fingerprint density at radius 2 is 2.17 bits per heavy atom. The number of amides is 2. The molecule has 1 aromatic heterocycles. The Labute approximate surface area is 143 Å². The summed E-state index contributed by atoms with van der Waals surface area (Å²) in [6, 6.07) is 2.60. The normalized spacial score (nSPS) is 24.2. The van der Waals surface area contributed by atoms with E-state index in [1.807, 2.05) is 11.8 Å². The highest BCUT2D eigenvalue weighted by molar-refractivity contribution is 7.17. The molecule has 2 atom stereocenters. The molecule has 0 bridgehead atoms. The van der Waals surface area contributed by atoms with Crippen molar-refractivity contribution in [1.82, 2.24) is 15.1 Å². The highest BCUT2D eigenvalue weighted by Gasteiger charge is 2.38. The van der Waals surface area contributed by atoms with Crippen LogP contribution in [0.3, 0.4) is 0 Å². The van der Waals surface area contributed by atoms with Crippen LogP contribution in [0.1, 0.15) is 29.4 Å². The Morgan fingerprint density at radius 1 is 1.38 bits per heavy atom. The molecule has 1 N–H and O–H groups in total. The molecular weight excluding hydrogens is 332 g/mol. The first kappa shape index (κ1) is 16.8. The van der Waals surface area contributed by atoms with Crippen molar-refractivity contribution < 1.29 is 14.5 Å². The van der Waals surface area contributed by atoms with Gasteiger partial charge in [0.1, 0.15) is 6.04 Å². The summed E-state index contributed by atoms with van der Waals surface area (Å²) in [7, 11) is 0. The summed E-state index contributed by atoms with van der Waals surface area (Å²) >= 11 is 0.860. The maximum atomic E-state index is 12.8. The Kier molecular flexibility index (Phi) is 4.81. The Hall–Kier alpha value is -2.00. The molecule has 0 spiro atoms. The maximum Gasteiger partial charge on any atom is 0.324 e. The third-order valence-corrected chi connectivity index (χ3v) is 5.49. The maximum absolute atomic E-state index is 12.8. The van der Waals surface area contributed by atoms with E-state index in [1.54, 1.807) is 4.90 Å². The predicted molar refractivity (Wildman–Crippen MR) is 89.1 cm³/mol. The lowest BCUT2D eigenvalue weighted by Gasteiger charge is -2.35. The number of carbonyl (C=O) groups excluding carboxylic acids is 2. The molecule has 2 aliphatic rings. The number of rotatable bonds is 3. The van der Waals surface area contributed by atoms with Gasteiger partial charge >= 0.3 is 5.00 Å². The molecule has 8 nitrogen and oxygen atoms in total. The van der Waals surface area contributed by atoms with Crippen molar-refractivity contribution in [3.63, 3.8) is 0 Å². The number of likely N-dealkylation sites (tertiary alicyclic amines) is 1. The quantitative estimate of drug-likeness (QED) is 0.649. The summed E-state index contributed by atoms with van der Waals surface area (Å²) in [4.78, 5) is 39.5. The van der Waals surface area contributed by atoms with Crippen molar-refractivity contribution in [1.29, 1.82) is 0 Å². The summed E-state index contributed by atoms with van der Waals surface area (Å²) in [6.45, 7) is 4.59. The average Bonchev–Trinajstić information content (AvgIpc) is 3.23. The minimum absolute atomic E-state index is 0.0137. The predicted octanol–water partition coefficient (Wildman–Crippen LogP) is 1.08. The van der Waals surface area contributed by atoms with Crippen LogP contribution in [0, 0.1) is 10.1 Å². The molecule has 2 unspecified atom stereocenters. The molecule has 2 saturated heterocycles. The summed E-state index contributed by atoms with van der Waals surface area (Å²) < 4.78 is 0. The second-order valence-electron chi connectivity index (χ2n) is 6.19. The molecule has 3 rings (SSSR count). The van der Waals surface area contributed by atoms with E-state index in [4.69, 9.17) is 0 Å². The number of hydrogen-bond donors (Lipinski definition) is 1. The molecule has 0 saturated carbocycles. The topological polar surface area (TPSA) is 95.8 Å². The van der Waals surface area contributed by atoms with Crippen molar-refractivity contribution in [2.24, 2.45) is 0 Å². The standard InChI is InChI=1S/C15H20N4O4S/c1-10-9-17(8-6-16-10)14(20)11-3-2-7-18(11)15(21)12-4-5-13(24-12)19(22)23/h4-5,10-11,16H,2-3,6-9H2,1H3. The lowest BCUT2D eigenvalue weighted by atomic mass is 10.1. The van der Waals surface area contributed by atoms with Gasteiger partial charge in [0.05, 0.1) is 9.80 Å². The summed E-state index contributed by atoms with van der Waals surface area (Å²) in [5.74, 6) is -0.299. The van der Waals surface area contributed by atoms with Crippen LogP contribution in [0.15, 0.2) is 12.1 Å². The number of nitro groups is 1. The molecule has 9 heteroatoms. The zero-order valence-corrected chi connectivity index (χ0v) is 14.3. The smallest absolute Gasteiger partial charge is 0.324 e. The van der Waals surface area contributed by atoms with E-state index in [-0.39, 0.29) is 22.9 Å². The van der Waals surface area contributed by atoms with Crippen LogP contribution in [-0.4, -0.2) is 64.8 Å². The van der Waals surface area contributed by atoms with Gasteiger partial charge in [-0.2, -0.15) is 0 Å². The first-order valence-corrected chi connectivity index (χ1v) is 8.86. The van der Waals surface area contributed by atoms with E-state index >= 15 is 0 Å². The molecule has 2 amide bonds. The highest BCUT2D eigenvalue weighted by Crippen LogP contribution is 2.28. The Morgan fingerprint density at radius 3 is 2.83 bits per heavy atom. The first-order chi connectivity index (χ1) is 11.5. The van der Waals surface area contributed by atoms with Crippen LogP contribution in [0.4, 0.5) is 5.00 Å². The van der Waals surface area contributed by atoms with Crippen LogP contribution in [-0.2, 0) is 4.79 Å². The van der Waals surface area contributed by atoms with Gasteiger partial charge in [0.25, 0.3) is 5.91 Å². The third kappa shape index (κ3) is 3.27. The van der Waals surface area contributed by atoms with Gasteiger partial charge in [-0.05, 0) is 25.8 Å². The fourth-order valence-electron chi connectivity index (χ4n) is 3.29. The second-order valence-corrected chi connectivity index (χ2v) is 7.25. The summed E-state index contributed by atoms with van der Waals surface area (Å²) in [5.41, 5.74) is 0. The fraction of sp³-hybridized carbons (Fsp3) is 0.600. The zero-order chi connectivity index (χ0) is 17.3. The van der Waals surface area contributed by atoms with Crippen LogP contribution in [0.5, 0.6) is 0 Å². The highest BCUT2D eigenvalue weighted by atomic mass is 32.1. The van der Waals surface area contributed by atoms with Crippen LogP contribution < -0.4 is 5.32 Å². The van der Waals surface area contributed by atoms with Gasteiger partial charge in [0.15, 0.2) is 0 Å². The average molecular weight is 352 g/mol. The second kappa shape index (κ2) is 6.86. The van der Waals surface area contributed by atoms with Gasteiger partial charge in [-0.1, -0.05) is 11.3 Å². The first-order valence-electron chi connectivity index (χ1n) is 8.04. The van der Waals surface area contributed by atoms with Gasteiger partial charge in [-0.3, -0.25) is 19.7 Å². The Bertz CT molecular complexity index is 662. The van der Waals surface area contributed by atoms with Gasteiger partial charge in [-0.15, -0.1) is 0 Å². The molecule has 130 valence electrons. The molecular formula is C15H20N4O4S. The molecule has 0 radical (unpaired) electrons. The lowest BCUT2D eigenvalue weighted by molar-refractivity contribution is -0.380. The molecule has 3 heterocycles. The van der Waals surface area contributed by atoms with E-state index in [2.05, 4.69) is 5.32 Å². The van der Waals surface area contributed by atoms with Crippen molar-refractivity contribution in [2.75, 3.05) is 26.2 Å². The van der Waals surface area contributed by atoms with Crippen LogP contribution in [0.2, 0.25) is 0 Å². The molecule has 2 aliphatic heterocycles. The zero-order valence-electron chi connectivity index (χ0n) is 13.4. The summed E-state index contributed by atoms with van der Waals surface area (Å²) in [6.07, 6.45) is 1.42. The van der Waals surface area contributed by atoms with Gasteiger partial charge < -0.3 is 15.1 Å². The van der Waals surface area contributed by atoms with E-state index < -0.39 is 11.0 Å². The molecule has 2 fully saturated rings. The van der Waals surface area contributed by atoms with E-state index in [0.29, 0.717) is 30.9 Å². The number of carbonyl (C=O) groups is 2. The number of thiophene rings is 1. The van der Waals surface area contributed by atoms with E-state index in [1.165, 1.54) is 12.1 Å². The molecule has 1 aromatic rings. The number of nitrogens with zero attached hydrogens (tertiary/aromatic N) is 3. The number of piperazine rings is 1. The molecule has 0 aromatic carbocycles. The van der Waals surface area contributed by atoms with Gasteiger partial charge in [0, 0.05) is 38.3 Å². The van der Waals surface area contributed by atoms with Crippen LogP contribution in [0.25, 0.3) is 0 Å². The molecule has 24 heavy (non-hydrogen) atoms. The number of hydrogen-bond acceptors (Lipinski definition) is 6. The van der Waals surface area contributed by atoms with Gasteiger partial charge in [0.2, 0.25) is 5.91 Å². The van der Waals surface area contributed by atoms with Gasteiger partial charge in [-0.25, -0.2) is 0 Å². The fourth-order valence-corrected chi connectivity index (χ4v) is 4.07. The minimum atomic E-state index is -0.504. The lowest BCUT2D eigenvalue weighted by Crippen LogP contribution is -2.56. The third-order valence-electron chi connectivity index (χ3n) is 4.46. The van der Waals surface area contributed by atoms with E-state index in [0.717, 1.165) is 24.3 Å².